The highest BCUT2D eigenvalue weighted by Crippen LogP contribution is 2.56. The molecule has 0 saturated carbocycles. The second-order valence-electron chi connectivity index (χ2n) is 7.41. The van der Waals surface area contributed by atoms with Crippen molar-refractivity contribution in [3.05, 3.63) is 95.6 Å². The van der Waals surface area contributed by atoms with Crippen LogP contribution in [0.15, 0.2) is 85.0 Å². The summed E-state index contributed by atoms with van der Waals surface area (Å²) < 4.78 is 1.94. The largest absolute Gasteiger partial charge is 0.238 e. The van der Waals surface area contributed by atoms with Gasteiger partial charge in [-0.25, -0.2) is 5.84 Å². The third-order valence-electron chi connectivity index (χ3n) is 6.01. The van der Waals surface area contributed by atoms with E-state index >= 15 is 0 Å². The van der Waals surface area contributed by atoms with Gasteiger partial charge in [0.15, 0.2) is 0 Å². The molecule has 0 bridgehead atoms. The van der Waals surface area contributed by atoms with Crippen molar-refractivity contribution in [3.63, 3.8) is 0 Å². The van der Waals surface area contributed by atoms with Crippen LogP contribution in [-0.4, -0.2) is 6.04 Å². The number of allylic oxidation sites excluding steroid dienone is 6. The molecule has 3 atom stereocenters. The number of nitrogens with two attached hydrogens (primary N) is 1. The second-order valence-corrected chi connectivity index (χ2v) is 9.74. The number of benzene rings is 2. The second kappa shape index (κ2) is 5.58. The molecular formula is C24H20N2P+. The van der Waals surface area contributed by atoms with Gasteiger partial charge in [0.25, 0.3) is 0 Å². The molecule has 3 aliphatic rings. The zero-order valence-electron chi connectivity index (χ0n) is 14.9. The topological polar surface area (TPSA) is 29.0 Å². The van der Waals surface area contributed by atoms with Gasteiger partial charge in [0, 0.05) is 27.5 Å². The lowest BCUT2D eigenvalue weighted by Gasteiger charge is -2.15. The molecule has 3 aromatic rings. The van der Waals surface area contributed by atoms with Crippen molar-refractivity contribution in [1.82, 2.24) is 4.68 Å². The highest BCUT2D eigenvalue weighted by Gasteiger charge is 2.32. The smallest absolute Gasteiger partial charge is 0.209 e. The summed E-state index contributed by atoms with van der Waals surface area (Å²) >= 11 is 0. The van der Waals surface area contributed by atoms with Gasteiger partial charge >= 0.3 is 0 Å². The van der Waals surface area contributed by atoms with E-state index in [2.05, 4.69) is 85.0 Å². The quantitative estimate of drug-likeness (QED) is 0.510. The Morgan fingerprint density at radius 2 is 1.81 bits per heavy atom. The highest BCUT2D eigenvalue weighted by atomic mass is 31.1. The van der Waals surface area contributed by atoms with E-state index < -0.39 is 7.53 Å². The van der Waals surface area contributed by atoms with E-state index in [-0.39, 0.29) is 6.04 Å². The third-order valence-corrected chi connectivity index (χ3v) is 8.91. The summed E-state index contributed by atoms with van der Waals surface area (Å²) in [5, 5.41) is 8.41. The van der Waals surface area contributed by atoms with Crippen molar-refractivity contribution in [2.75, 3.05) is 0 Å². The van der Waals surface area contributed by atoms with Gasteiger partial charge in [-0.2, -0.15) is 0 Å². The fourth-order valence-electron chi connectivity index (χ4n) is 4.84. The van der Waals surface area contributed by atoms with E-state index in [0.29, 0.717) is 5.66 Å². The van der Waals surface area contributed by atoms with Crippen LogP contribution in [0.1, 0.15) is 12.1 Å². The Labute approximate surface area is 158 Å². The van der Waals surface area contributed by atoms with Gasteiger partial charge in [0.1, 0.15) is 0 Å². The van der Waals surface area contributed by atoms with Gasteiger partial charge in [0.2, 0.25) is 11.4 Å². The van der Waals surface area contributed by atoms with Crippen molar-refractivity contribution in [2.45, 2.75) is 18.1 Å². The van der Waals surface area contributed by atoms with Crippen molar-refractivity contribution in [3.8, 4) is 0 Å². The molecule has 2 aliphatic carbocycles. The lowest BCUT2D eigenvalue weighted by Crippen LogP contribution is -2.42. The molecular weight excluding hydrogens is 347 g/mol. The number of hydrazine groups is 1. The van der Waals surface area contributed by atoms with Crippen LogP contribution in [0.4, 0.5) is 0 Å². The standard InChI is InChI=1S/C24H20N2P/c25-26-20-12-6-4-11-19(20)23-21(26)15-14-18-17-10-5-7-13-22(17)27(24(18)23)16-8-2-1-3-9-16/h1-8,10-16,20H,9,25H2/q+1. The first-order valence-corrected chi connectivity index (χ1v) is 10.9. The normalized spacial score (nSPS) is 23.5. The summed E-state index contributed by atoms with van der Waals surface area (Å²) in [6.07, 6.45) is 18.9. The molecule has 2 N–H and O–H groups in total. The van der Waals surface area contributed by atoms with Gasteiger partial charge in [-0.05, 0) is 29.3 Å². The first kappa shape index (κ1) is 15.2. The van der Waals surface area contributed by atoms with Gasteiger partial charge in [-0.15, -0.1) is 12.2 Å². The molecule has 2 nitrogen and oxygen atoms in total. The summed E-state index contributed by atoms with van der Waals surface area (Å²) in [6.45, 7) is 0. The van der Waals surface area contributed by atoms with E-state index in [1.807, 2.05) is 4.68 Å². The first-order chi connectivity index (χ1) is 13.3. The first-order valence-electron chi connectivity index (χ1n) is 9.49. The van der Waals surface area contributed by atoms with Crippen LogP contribution in [0.2, 0.25) is 0 Å². The Morgan fingerprint density at radius 3 is 2.70 bits per heavy atom. The van der Waals surface area contributed by atoms with E-state index in [1.165, 1.54) is 37.2 Å². The van der Waals surface area contributed by atoms with Gasteiger partial charge in [-0.3, -0.25) is 0 Å². The SMILES string of the molecule is N[N+]1=c2ccc3c4ccccc4p(C4C=CC=CC4)c3c2=C2C=CC=CC21. The Balaban J connectivity index is 1.87. The maximum absolute atomic E-state index is 6.53. The molecule has 1 aromatic heterocycles. The minimum absolute atomic E-state index is 0.152. The molecule has 3 unspecified atom stereocenters. The third kappa shape index (κ3) is 1.99. The zero-order chi connectivity index (χ0) is 18.0. The maximum atomic E-state index is 6.53. The average Bonchev–Trinajstić information content (AvgIpc) is 3.22. The Kier molecular flexibility index (Phi) is 3.15. The fraction of sp³-hybridized carbons (Fsp3) is 0.125. The molecule has 1 aliphatic heterocycles. The molecule has 27 heavy (non-hydrogen) atoms. The lowest BCUT2D eigenvalue weighted by atomic mass is 10.0. The number of nitrogens with zero attached hydrogens (tertiary/aromatic N) is 1. The van der Waals surface area contributed by atoms with Crippen molar-refractivity contribution in [1.29, 1.82) is 0 Å². The average molecular weight is 367 g/mol. The minimum Gasteiger partial charge on any atom is -0.209 e. The van der Waals surface area contributed by atoms with Crippen LogP contribution >= 0.6 is 7.53 Å². The van der Waals surface area contributed by atoms with Crippen LogP contribution in [0, 0.1) is 0 Å². The lowest BCUT2D eigenvalue weighted by molar-refractivity contribution is 0.610. The van der Waals surface area contributed by atoms with Gasteiger partial charge in [-0.1, -0.05) is 66.8 Å². The summed E-state index contributed by atoms with van der Waals surface area (Å²) in [7, 11) is -0.448. The summed E-state index contributed by atoms with van der Waals surface area (Å²) in [5.41, 5.74) is 1.90. The molecule has 3 heteroatoms. The van der Waals surface area contributed by atoms with Crippen LogP contribution in [0.25, 0.3) is 26.6 Å². The molecule has 2 aromatic carbocycles. The molecule has 130 valence electrons. The predicted molar refractivity (Wildman–Crippen MR) is 116 cm³/mol. The Morgan fingerprint density at radius 1 is 0.926 bits per heavy atom. The minimum atomic E-state index is -0.448. The van der Waals surface area contributed by atoms with Crippen LogP contribution in [0.3, 0.4) is 0 Å². The number of hydrogen-bond acceptors (Lipinski definition) is 1. The van der Waals surface area contributed by atoms with E-state index in [4.69, 9.17) is 5.84 Å². The van der Waals surface area contributed by atoms with E-state index in [0.717, 1.165) is 6.42 Å². The van der Waals surface area contributed by atoms with Gasteiger partial charge < -0.3 is 0 Å². The van der Waals surface area contributed by atoms with Crippen LogP contribution < -0.4 is 21.1 Å². The molecule has 6 rings (SSSR count). The predicted octanol–water partition coefficient (Wildman–Crippen LogP) is 4.06. The van der Waals surface area contributed by atoms with E-state index in [9.17, 15) is 0 Å². The van der Waals surface area contributed by atoms with Crippen LogP contribution in [0.5, 0.6) is 0 Å². The summed E-state index contributed by atoms with van der Waals surface area (Å²) in [6, 6.07) is 13.7. The van der Waals surface area contributed by atoms with Crippen LogP contribution in [-0.2, 0) is 0 Å². The monoisotopic (exact) mass is 367 g/mol. The van der Waals surface area contributed by atoms with E-state index in [1.54, 1.807) is 0 Å². The van der Waals surface area contributed by atoms with Crippen molar-refractivity contribution < 1.29 is 0 Å². The highest BCUT2D eigenvalue weighted by molar-refractivity contribution is 7.61. The van der Waals surface area contributed by atoms with Crippen molar-refractivity contribution in [2.24, 2.45) is 5.84 Å². The number of hydrogen-bond donors (Lipinski definition) is 1. The zero-order valence-corrected chi connectivity index (χ0v) is 15.8. The number of rotatable bonds is 1. The molecule has 2 heterocycles. The summed E-state index contributed by atoms with van der Waals surface area (Å²) in [4.78, 5) is 0. The molecule has 0 saturated heterocycles. The van der Waals surface area contributed by atoms with Gasteiger partial charge in [0.05, 0.1) is 5.22 Å². The summed E-state index contributed by atoms with van der Waals surface area (Å²) in [5.74, 6) is 6.53. The number of fused-ring (bicyclic) bond motifs is 6. The Bertz CT molecular complexity index is 1360. The molecule has 0 spiro atoms. The molecule has 0 radical (unpaired) electrons. The molecule has 0 amide bonds. The maximum Gasteiger partial charge on any atom is 0.238 e. The molecule has 0 fully saturated rings. The van der Waals surface area contributed by atoms with Crippen molar-refractivity contribution >= 4 is 34.1 Å². The Hall–Kier alpha value is -2.83. The fourth-order valence-corrected chi connectivity index (χ4v) is 8.01.